The maximum atomic E-state index is 6.25. The van der Waals surface area contributed by atoms with Gasteiger partial charge in [0.25, 0.3) is 6.33 Å². The van der Waals surface area contributed by atoms with Gasteiger partial charge in [0.1, 0.15) is 11.3 Å². The number of ether oxygens (including phenoxy) is 1. The Balaban J connectivity index is 0.000000200. The molecular weight excluding hydrogens is 659 g/mol. The number of hydrogen-bond donors (Lipinski definition) is 0. The van der Waals surface area contributed by atoms with Gasteiger partial charge >= 0.3 is 20.1 Å². The van der Waals surface area contributed by atoms with Crippen molar-refractivity contribution in [2.45, 2.75) is 26.2 Å². The molecule has 0 amide bonds. The number of benzene rings is 4. The van der Waals surface area contributed by atoms with Crippen LogP contribution in [0.5, 0.6) is 11.5 Å². The molecule has 0 saturated carbocycles. The van der Waals surface area contributed by atoms with Gasteiger partial charge in [-0.3, -0.25) is 4.57 Å². The molecule has 192 valence electrons. The van der Waals surface area contributed by atoms with E-state index in [0.29, 0.717) is 0 Å². The van der Waals surface area contributed by atoms with E-state index in [-0.39, 0.29) is 25.5 Å². The minimum Gasteiger partial charge on any atom is -0.523 e. The third-order valence-electron chi connectivity index (χ3n) is 6.50. The van der Waals surface area contributed by atoms with Gasteiger partial charge in [-0.05, 0) is 35.6 Å². The summed E-state index contributed by atoms with van der Waals surface area (Å²) in [6, 6.07) is 40.8. The van der Waals surface area contributed by atoms with Gasteiger partial charge in [-0.1, -0.05) is 68.7 Å². The summed E-state index contributed by atoms with van der Waals surface area (Å²) in [7, 11) is 0. The Morgan fingerprint density at radius 1 is 0.821 bits per heavy atom. The zero-order valence-corrected chi connectivity index (χ0v) is 24.4. The fraction of sp³-hybridized carbons (Fsp3) is 0.118. The SMILES string of the molecule is CC(C)(C)c1c[c-]c2c(c1)Oc1cccc3c1[n+]-2[c-]n3-c1ccccc1.[Ir+3].[c-]1ccccc1-c1ccccn1. The topological polar surface area (TPSA) is 30.9 Å². The summed E-state index contributed by atoms with van der Waals surface area (Å²) >= 11 is 0. The van der Waals surface area contributed by atoms with Gasteiger partial charge in [-0.25, -0.2) is 0 Å². The Kier molecular flexibility index (Phi) is 7.47. The van der Waals surface area contributed by atoms with E-state index in [0.717, 1.165) is 45.2 Å². The summed E-state index contributed by atoms with van der Waals surface area (Å²) in [5.41, 5.74) is 7.31. The van der Waals surface area contributed by atoms with Gasteiger partial charge in [-0.15, -0.1) is 47.5 Å². The molecule has 5 heteroatoms. The number of imidazole rings is 1. The van der Waals surface area contributed by atoms with E-state index in [9.17, 15) is 0 Å². The molecule has 4 aromatic carbocycles. The van der Waals surface area contributed by atoms with E-state index in [2.05, 4.69) is 83.7 Å². The molecule has 6 aromatic rings. The third-order valence-corrected chi connectivity index (χ3v) is 6.50. The van der Waals surface area contributed by atoms with Crippen LogP contribution in [0.15, 0.2) is 109 Å². The molecule has 0 radical (unpaired) electrons. The standard InChI is InChI=1S/C23H19N2O.C11H8N.Ir/c1-23(2,3)16-12-13-18-21(14-16)26-20-11-7-10-19-22(20)25(18)15-24(19)17-8-5-4-6-9-17;1-2-6-10(7-3-1)11-8-4-5-9-12-11;/h4-12,14H,1-3H3;1-6,8-9H;/q2*-1;+3. The number of pyridine rings is 1. The fourth-order valence-electron chi connectivity index (χ4n) is 4.49. The third kappa shape index (κ3) is 5.29. The second-order valence-electron chi connectivity index (χ2n) is 10.2. The molecule has 1 aliphatic rings. The molecule has 2 aromatic heterocycles. The average Bonchev–Trinajstić information content (AvgIpc) is 3.35. The first kappa shape index (κ1) is 26.6. The zero-order valence-electron chi connectivity index (χ0n) is 22.0. The average molecular weight is 686 g/mol. The molecule has 0 saturated heterocycles. The molecule has 3 heterocycles. The van der Waals surface area contributed by atoms with E-state index in [1.807, 2.05) is 72.8 Å². The van der Waals surface area contributed by atoms with Crippen LogP contribution in [0.1, 0.15) is 26.3 Å². The van der Waals surface area contributed by atoms with Crippen molar-refractivity contribution in [2.24, 2.45) is 0 Å². The molecule has 4 nitrogen and oxygen atoms in total. The maximum Gasteiger partial charge on any atom is 3.00 e. The van der Waals surface area contributed by atoms with Crippen molar-refractivity contribution in [3.8, 4) is 34.1 Å². The molecule has 0 aliphatic carbocycles. The summed E-state index contributed by atoms with van der Waals surface area (Å²) < 4.78 is 10.4. The van der Waals surface area contributed by atoms with E-state index >= 15 is 0 Å². The molecule has 0 fully saturated rings. The molecule has 39 heavy (non-hydrogen) atoms. The van der Waals surface area contributed by atoms with Crippen LogP contribution in [0.25, 0.3) is 33.7 Å². The van der Waals surface area contributed by atoms with Gasteiger partial charge in [0.15, 0.2) is 0 Å². The van der Waals surface area contributed by atoms with Crippen LogP contribution in [0.3, 0.4) is 0 Å². The first-order chi connectivity index (χ1) is 18.5. The second kappa shape index (κ2) is 11.0. The number of aromatic nitrogens is 3. The van der Waals surface area contributed by atoms with E-state index in [4.69, 9.17) is 4.74 Å². The van der Waals surface area contributed by atoms with Crippen LogP contribution in [0.4, 0.5) is 0 Å². The van der Waals surface area contributed by atoms with Crippen LogP contribution in [0.2, 0.25) is 0 Å². The van der Waals surface area contributed by atoms with Crippen LogP contribution in [0, 0.1) is 18.5 Å². The number of hydrogen-bond acceptors (Lipinski definition) is 2. The van der Waals surface area contributed by atoms with Crippen molar-refractivity contribution in [2.75, 3.05) is 0 Å². The summed E-state index contributed by atoms with van der Waals surface area (Å²) in [6.45, 7) is 6.59. The van der Waals surface area contributed by atoms with Gasteiger partial charge in [0.2, 0.25) is 0 Å². The molecule has 1 aliphatic heterocycles. The molecule has 0 bridgehead atoms. The number of nitrogens with zero attached hydrogens (tertiary/aromatic N) is 3. The van der Waals surface area contributed by atoms with Crippen LogP contribution >= 0.6 is 0 Å². The van der Waals surface area contributed by atoms with Gasteiger partial charge in [-0.2, -0.15) is 12.1 Å². The Labute approximate surface area is 242 Å². The van der Waals surface area contributed by atoms with E-state index in [1.165, 1.54) is 5.56 Å². The fourth-order valence-corrected chi connectivity index (χ4v) is 4.49. The van der Waals surface area contributed by atoms with Crippen LogP contribution in [-0.4, -0.2) is 9.55 Å². The molecular formula is C34H27IrN3O+. The summed E-state index contributed by atoms with van der Waals surface area (Å²) in [5.74, 6) is 1.67. The number of rotatable bonds is 2. The maximum absolute atomic E-state index is 6.25. The quantitative estimate of drug-likeness (QED) is 0.140. The minimum absolute atomic E-state index is 0. The van der Waals surface area contributed by atoms with Crippen molar-refractivity contribution < 1.29 is 29.4 Å². The normalized spacial score (nSPS) is 11.5. The predicted octanol–water partition coefficient (Wildman–Crippen LogP) is 7.46. The summed E-state index contributed by atoms with van der Waals surface area (Å²) in [4.78, 5) is 4.22. The number of para-hydroxylation sites is 2. The van der Waals surface area contributed by atoms with Crippen molar-refractivity contribution in [1.29, 1.82) is 0 Å². The monoisotopic (exact) mass is 686 g/mol. The Hall–Kier alpha value is -4.05. The molecule has 0 atom stereocenters. The molecule has 0 N–H and O–H groups in total. The Morgan fingerprint density at radius 2 is 1.62 bits per heavy atom. The van der Waals surface area contributed by atoms with Crippen molar-refractivity contribution in [3.05, 3.63) is 133 Å². The van der Waals surface area contributed by atoms with Crippen LogP contribution < -0.4 is 9.30 Å². The molecule has 7 rings (SSSR count). The first-order valence-corrected chi connectivity index (χ1v) is 12.7. The van der Waals surface area contributed by atoms with Crippen molar-refractivity contribution in [1.82, 2.24) is 9.55 Å². The van der Waals surface area contributed by atoms with E-state index in [1.54, 1.807) is 6.20 Å². The smallest absolute Gasteiger partial charge is 0.523 e. The van der Waals surface area contributed by atoms with Crippen molar-refractivity contribution in [3.63, 3.8) is 0 Å². The van der Waals surface area contributed by atoms with E-state index < -0.39 is 0 Å². The Morgan fingerprint density at radius 3 is 2.33 bits per heavy atom. The summed E-state index contributed by atoms with van der Waals surface area (Å²) in [5, 5.41) is 0. The van der Waals surface area contributed by atoms with Crippen molar-refractivity contribution >= 4 is 11.0 Å². The predicted molar refractivity (Wildman–Crippen MR) is 150 cm³/mol. The second-order valence-corrected chi connectivity index (χ2v) is 10.2. The zero-order chi connectivity index (χ0) is 26.1. The summed E-state index contributed by atoms with van der Waals surface area (Å²) in [6.07, 6.45) is 5.27. The number of fused-ring (bicyclic) bond motifs is 2. The molecule has 0 unspecified atom stereocenters. The van der Waals surface area contributed by atoms with Gasteiger partial charge < -0.3 is 14.3 Å². The Bertz CT molecular complexity index is 1670. The van der Waals surface area contributed by atoms with Crippen LogP contribution in [-0.2, 0) is 25.5 Å². The minimum atomic E-state index is 0. The van der Waals surface area contributed by atoms with Gasteiger partial charge in [0, 0.05) is 11.9 Å². The first-order valence-electron chi connectivity index (χ1n) is 12.7. The largest absolute Gasteiger partial charge is 3.00 e. The van der Waals surface area contributed by atoms with Gasteiger partial charge in [0.05, 0.1) is 11.2 Å². The molecule has 0 spiro atoms.